The largest absolute Gasteiger partial charge is 0.392 e. The fourth-order valence-electron chi connectivity index (χ4n) is 1.87. The molecule has 0 amide bonds. The number of aliphatic hydroxyl groups is 1. The van der Waals surface area contributed by atoms with Crippen LogP contribution in [0.3, 0.4) is 0 Å². The van der Waals surface area contributed by atoms with Gasteiger partial charge in [0.2, 0.25) is 0 Å². The molecule has 0 aliphatic heterocycles. The van der Waals surface area contributed by atoms with E-state index in [4.69, 9.17) is 5.11 Å². The molecule has 0 atom stereocenters. The normalized spacial score (nSPS) is 11.3. The van der Waals surface area contributed by atoms with Crippen molar-refractivity contribution in [1.82, 2.24) is 0 Å². The number of hydrogen-bond donors (Lipinski definition) is 1. The molecule has 0 heterocycles. The monoisotopic (exact) mass is 255 g/mol. The number of non-ortho nitro benzene ring substituents is 1. The molecule has 4 heteroatoms. The van der Waals surface area contributed by atoms with E-state index in [-0.39, 0.29) is 12.3 Å². The Morgan fingerprint density at radius 1 is 1.05 bits per heavy atom. The van der Waals surface area contributed by atoms with E-state index < -0.39 is 4.92 Å². The van der Waals surface area contributed by atoms with E-state index in [1.807, 2.05) is 30.3 Å². The zero-order valence-corrected chi connectivity index (χ0v) is 10.2. The van der Waals surface area contributed by atoms with Gasteiger partial charge in [0.15, 0.2) is 0 Å². The highest BCUT2D eigenvalue weighted by molar-refractivity contribution is 5.80. The van der Waals surface area contributed by atoms with Crippen LogP contribution in [0, 0.1) is 10.1 Å². The highest BCUT2D eigenvalue weighted by Gasteiger charge is 2.08. The first-order valence-corrected chi connectivity index (χ1v) is 5.83. The van der Waals surface area contributed by atoms with Crippen LogP contribution in [0.25, 0.3) is 5.57 Å². The number of nitro groups is 1. The summed E-state index contributed by atoms with van der Waals surface area (Å²) in [5.74, 6) is 0. The highest BCUT2D eigenvalue weighted by atomic mass is 16.6. The van der Waals surface area contributed by atoms with Crippen molar-refractivity contribution in [1.29, 1.82) is 0 Å². The number of nitro benzene ring substituents is 1. The SMILES string of the molecule is O=[N+]([O-])c1ccc(C(=CCO)c2ccccc2)cc1. The lowest BCUT2D eigenvalue weighted by Gasteiger charge is -2.07. The number of rotatable bonds is 4. The number of aliphatic hydroxyl groups excluding tert-OH is 1. The van der Waals surface area contributed by atoms with Crippen molar-refractivity contribution < 1.29 is 10.0 Å². The second-order valence-electron chi connectivity index (χ2n) is 3.97. The van der Waals surface area contributed by atoms with Crippen LogP contribution in [-0.4, -0.2) is 16.6 Å². The molecule has 4 nitrogen and oxygen atoms in total. The third-order valence-electron chi connectivity index (χ3n) is 2.77. The Morgan fingerprint density at radius 2 is 1.63 bits per heavy atom. The van der Waals surface area contributed by atoms with Crippen LogP contribution in [0.2, 0.25) is 0 Å². The van der Waals surface area contributed by atoms with Crippen molar-refractivity contribution >= 4 is 11.3 Å². The summed E-state index contributed by atoms with van der Waals surface area (Å²) in [6.07, 6.45) is 1.69. The van der Waals surface area contributed by atoms with E-state index in [0.29, 0.717) is 0 Å². The molecule has 0 fully saturated rings. The molecule has 0 saturated heterocycles. The van der Waals surface area contributed by atoms with Crippen molar-refractivity contribution in [3.63, 3.8) is 0 Å². The Labute approximate surface area is 110 Å². The van der Waals surface area contributed by atoms with Gasteiger partial charge in [-0.1, -0.05) is 36.4 Å². The minimum atomic E-state index is -0.429. The molecule has 0 unspecified atom stereocenters. The molecule has 19 heavy (non-hydrogen) atoms. The predicted octanol–water partition coefficient (Wildman–Crippen LogP) is 3.02. The highest BCUT2D eigenvalue weighted by Crippen LogP contribution is 2.24. The molecule has 0 bridgehead atoms. The smallest absolute Gasteiger partial charge is 0.269 e. The summed E-state index contributed by atoms with van der Waals surface area (Å²) in [5, 5.41) is 19.7. The second-order valence-corrected chi connectivity index (χ2v) is 3.97. The van der Waals surface area contributed by atoms with Crippen LogP contribution in [0.4, 0.5) is 5.69 Å². The van der Waals surface area contributed by atoms with Crippen molar-refractivity contribution in [3.05, 3.63) is 81.9 Å². The van der Waals surface area contributed by atoms with Crippen LogP contribution in [0.5, 0.6) is 0 Å². The van der Waals surface area contributed by atoms with Gasteiger partial charge in [-0.15, -0.1) is 0 Å². The Bertz CT molecular complexity index is 589. The van der Waals surface area contributed by atoms with Crippen LogP contribution in [0.15, 0.2) is 60.7 Å². The van der Waals surface area contributed by atoms with Crippen LogP contribution in [-0.2, 0) is 0 Å². The zero-order valence-electron chi connectivity index (χ0n) is 10.2. The zero-order chi connectivity index (χ0) is 13.7. The van der Waals surface area contributed by atoms with E-state index in [0.717, 1.165) is 16.7 Å². The topological polar surface area (TPSA) is 63.4 Å². The van der Waals surface area contributed by atoms with E-state index in [1.165, 1.54) is 12.1 Å². The van der Waals surface area contributed by atoms with E-state index in [2.05, 4.69) is 0 Å². The molecular formula is C15H13NO3. The van der Waals surface area contributed by atoms with Gasteiger partial charge in [0.25, 0.3) is 5.69 Å². The van der Waals surface area contributed by atoms with Gasteiger partial charge in [-0.05, 0) is 28.8 Å². The summed E-state index contributed by atoms with van der Waals surface area (Å²) in [6.45, 7) is -0.0821. The fourth-order valence-corrected chi connectivity index (χ4v) is 1.87. The van der Waals surface area contributed by atoms with Crippen molar-refractivity contribution in [2.75, 3.05) is 6.61 Å². The minimum absolute atomic E-state index is 0.0557. The third-order valence-corrected chi connectivity index (χ3v) is 2.77. The summed E-state index contributed by atoms with van der Waals surface area (Å²) in [7, 11) is 0. The lowest BCUT2D eigenvalue weighted by Crippen LogP contribution is -1.92. The number of nitrogens with zero attached hydrogens (tertiary/aromatic N) is 1. The lowest BCUT2D eigenvalue weighted by molar-refractivity contribution is -0.384. The minimum Gasteiger partial charge on any atom is -0.392 e. The maximum Gasteiger partial charge on any atom is 0.269 e. The summed E-state index contributed by atoms with van der Waals surface area (Å²) >= 11 is 0. The van der Waals surface area contributed by atoms with Gasteiger partial charge in [0.1, 0.15) is 0 Å². The van der Waals surface area contributed by atoms with Crippen LogP contribution < -0.4 is 0 Å². The summed E-state index contributed by atoms with van der Waals surface area (Å²) in [5.41, 5.74) is 2.72. The summed E-state index contributed by atoms with van der Waals surface area (Å²) < 4.78 is 0. The van der Waals surface area contributed by atoms with Crippen LogP contribution >= 0.6 is 0 Å². The van der Waals surface area contributed by atoms with Gasteiger partial charge in [0.05, 0.1) is 11.5 Å². The Kier molecular flexibility index (Phi) is 4.05. The maximum atomic E-state index is 10.6. The first-order chi connectivity index (χ1) is 9.22. The van der Waals surface area contributed by atoms with Gasteiger partial charge >= 0.3 is 0 Å². The van der Waals surface area contributed by atoms with Crippen LogP contribution in [0.1, 0.15) is 11.1 Å². The molecular weight excluding hydrogens is 242 g/mol. The first kappa shape index (κ1) is 13.0. The molecule has 2 rings (SSSR count). The Hall–Kier alpha value is -2.46. The van der Waals surface area contributed by atoms with E-state index in [9.17, 15) is 10.1 Å². The quantitative estimate of drug-likeness (QED) is 0.674. The molecule has 1 N–H and O–H groups in total. The van der Waals surface area contributed by atoms with Gasteiger partial charge in [0, 0.05) is 12.1 Å². The average molecular weight is 255 g/mol. The molecule has 0 aromatic heterocycles. The Morgan fingerprint density at radius 3 is 2.16 bits per heavy atom. The van der Waals surface area contributed by atoms with Gasteiger partial charge in [-0.2, -0.15) is 0 Å². The predicted molar refractivity (Wildman–Crippen MR) is 73.7 cm³/mol. The second kappa shape index (κ2) is 5.93. The van der Waals surface area contributed by atoms with Gasteiger partial charge < -0.3 is 5.11 Å². The lowest BCUT2D eigenvalue weighted by atomic mass is 9.97. The summed E-state index contributed by atoms with van der Waals surface area (Å²) in [4.78, 5) is 10.2. The van der Waals surface area contributed by atoms with E-state index >= 15 is 0 Å². The van der Waals surface area contributed by atoms with Gasteiger partial charge in [-0.3, -0.25) is 10.1 Å². The number of benzene rings is 2. The molecule has 0 aliphatic rings. The molecule has 0 saturated carbocycles. The summed E-state index contributed by atoms with van der Waals surface area (Å²) in [6, 6.07) is 15.9. The van der Waals surface area contributed by atoms with Crippen molar-refractivity contribution in [3.8, 4) is 0 Å². The first-order valence-electron chi connectivity index (χ1n) is 5.83. The van der Waals surface area contributed by atoms with E-state index in [1.54, 1.807) is 18.2 Å². The Balaban J connectivity index is 2.41. The number of hydrogen-bond acceptors (Lipinski definition) is 3. The molecule has 0 spiro atoms. The molecule has 0 radical (unpaired) electrons. The molecule has 96 valence electrons. The standard InChI is InChI=1S/C15H13NO3/c17-11-10-15(12-4-2-1-3-5-12)13-6-8-14(9-7-13)16(18)19/h1-10,17H,11H2. The molecule has 2 aromatic carbocycles. The molecule has 2 aromatic rings. The van der Waals surface area contributed by atoms with Crippen molar-refractivity contribution in [2.24, 2.45) is 0 Å². The molecule has 0 aliphatic carbocycles. The third kappa shape index (κ3) is 3.05. The maximum absolute atomic E-state index is 10.6. The van der Waals surface area contributed by atoms with Gasteiger partial charge in [-0.25, -0.2) is 0 Å². The van der Waals surface area contributed by atoms with Crippen molar-refractivity contribution in [2.45, 2.75) is 0 Å². The average Bonchev–Trinajstić information content (AvgIpc) is 2.46. The fraction of sp³-hybridized carbons (Fsp3) is 0.0667.